The van der Waals surface area contributed by atoms with Crippen molar-refractivity contribution in [3.8, 4) is 0 Å². The van der Waals surface area contributed by atoms with E-state index in [-0.39, 0.29) is 17.9 Å². The van der Waals surface area contributed by atoms with Gasteiger partial charge in [-0.2, -0.15) is 5.10 Å². The molecular weight excluding hydrogens is 342 g/mol. The SMILES string of the molecule is CN1CCC(C(=O)NCCN2CCCCC2)CC1c1ncnc2[nH]ncc12. The van der Waals surface area contributed by atoms with Crippen molar-refractivity contribution in [2.45, 2.75) is 38.1 Å². The first-order valence-corrected chi connectivity index (χ1v) is 10.1. The number of likely N-dealkylation sites (tertiary alicyclic amines) is 2. The van der Waals surface area contributed by atoms with E-state index in [9.17, 15) is 4.79 Å². The Morgan fingerprint density at radius 2 is 2.11 bits per heavy atom. The zero-order valence-corrected chi connectivity index (χ0v) is 16.0. The highest BCUT2D eigenvalue weighted by atomic mass is 16.1. The van der Waals surface area contributed by atoms with Crippen LogP contribution in [-0.4, -0.2) is 75.6 Å². The number of nitrogens with one attached hydrogen (secondary N) is 2. The number of carbonyl (C=O) groups excluding carboxylic acids is 1. The summed E-state index contributed by atoms with van der Waals surface area (Å²) in [7, 11) is 2.10. The number of piperidine rings is 2. The van der Waals surface area contributed by atoms with E-state index in [4.69, 9.17) is 0 Å². The number of fused-ring (bicyclic) bond motifs is 1. The third kappa shape index (κ3) is 4.11. The lowest BCUT2D eigenvalue weighted by Crippen LogP contribution is -2.43. The summed E-state index contributed by atoms with van der Waals surface area (Å²) >= 11 is 0. The van der Waals surface area contributed by atoms with E-state index >= 15 is 0 Å². The van der Waals surface area contributed by atoms with E-state index in [1.807, 2.05) is 0 Å². The minimum absolute atomic E-state index is 0.0319. The van der Waals surface area contributed by atoms with Crippen molar-refractivity contribution < 1.29 is 4.79 Å². The van der Waals surface area contributed by atoms with Crippen molar-refractivity contribution in [1.29, 1.82) is 0 Å². The summed E-state index contributed by atoms with van der Waals surface area (Å²) < 4.78 is 0. The third-order valence-corrected chi connectivity index (χ3v) is 6.01. The number of H-pyrrole nitrogens is 1. The number of amides is 1. The van der Waals surface area contributed by atoms with Gasteiger partial charge >= 0.3 is 0 Å². The average molecular weight is 371 g/mol. The largest absolute Gasteiger partial charge is 0.355 e. The van der Waals surface area contributed by atoms with Gasteiger partial charge in [-0.05, 0) is 52.4 Å². The molecule has 2 atom stereocenters. The highest BCUT2D eigenvalue weighted by molar-refractivity contribution is 5.79. The predicted molar refractivity (Wildman–Crippen MR) is 103 cm³/mol. The summed E-state index contributed by atoms with van der Waals surface area (Å²) in [6, 6.07) is 0.111. The van der Waals surface area contributed by atoms with Crippen LogP contribution in [-0.2, 0) is 4.79 Å². The quantitative estimate of drug-likeness (QED) is 0.824. The Morgan fingerprint density at radius 1 is 1.26 bits per heavy atom. The molecule has 0 bridgehead atoms. The summed E-state index contributed by atoms with van der Waals surface area (Å²) in [5.74, 6) is 0.215. The zero-order valence-electron chi connectivity index (χ0n) is 16.0. The molecule has 0 radical (unpaired) electrons. The normalized spacial score (nSPS) is 24.9. The van der Waals surface area contributed by atoms with Gasteiger partial charge in [-0.25, -0.2) is 9.97 Å². The second kappa shape index (κ2) is 8.31. The maximum absolute atomic E-state index is 12.7. The first-order chi connectivity index (χ1) is 13.2. The van der Waals surface area contributed by atoms with E-state index in [1.165, 1.54) is 32.4 Å². The fourth-order valence-electron chi connectivity index (χ4n) is 4.35. The van der Waals surface area contributed by atoms with Crippen LogP contribution in [0, 0.1) is 5.92 Å². The summed E-state index contributed by atoms with van der Waals surface area (Å²) in [5.41, 5.74) is 1.71. The molecule has 0 aromatic carbocycles. The summed E-state index contributed by atoms with van der Waals surface area (Å²) in [6.45, 7) is 4.93. The van der Waals surface area contributed by atoms with Crippen LogP contribution in [0.3, 0.4) is 0 Å². The van der Waals surface area contributed by atoms with E-state index in [0.29, 0.717) is 0 Å². The minimum Gasteiger partial charge on any atom is -0.355 e. The van der Waals surface area contributed by atoms with Crippen LogP contribution in [0.25, 0.3) is 11.0 Å². The van der Waals surface area contributed by atoms with Crippen LogP contribution in [0.5, 0.6) is 0 Å². The van der Waals surface area contributed by atoms with Gasteiger partial charge < -0.3 is 10.2 Å². The van der Waals surface area contributed by atoms with Crippen molar-refractivity contribution in [3.05, 3.63) is 18.2 Å². The van der Waals surface area contributed by atoms with Gasteiger partial charge in [0.1, 0.15) is 6.33 Å². The van der Waals surface area contributed by atoms with Crippen molar-refractivity contribution in [2.75, 3.05) is 39.8 Å². The van der Waals surface area contributed by atoms with E-state index < -0.39 is 0 Å². The number of hydrogen-bond acceptors (Lipinski definition) is 6. The van der Waals surface area contributed by atoms with Crippen LogP contribution in [0.1, 0.15) is 43.8 Å². The Labute approximate surface area is 159 Å². The summed E-state index contributed by atoms with van der Waals surface area (Å²) in [5, 5.41) is 11.1. The molecule has 0 spiro atoms. The van der Waals surface area contributed by atoms with Gasteiger partial charge in [-0.1, -0.05) is 6.42 Å². The number of aromatic nitrogens is 4. The average Bonchev–Trinajstić information content (AvgIpc) is 3.18. The Kier molecular flexibility index (Phi) is 5.63. The lowest BCUT2D eigenvalue weighted by atomic mass is 9.88. The topological polar surface area (TPSA) is 90.0 Å². The van der Waals surface area contributed by atoms with Crippen molar-refractivity contribution >= 4 is 16.9 Å². The fourth-order valence-corrected chi connectivity index (χ4v) is 4.35. The molecule has 27 heavy (non-hydrogen) atoms. The van der Waals surface area contributed by atoms with Gasteiger partial charge in [-0.3, -0.25) is 14.8 Å². The van der Waals surface area contributed by atoms with Crippen LogP contribution < -0.4 is 5.32 Å². The van der Waals surface area contributed by atoms with Crippen LogP contribution in [0.2, 0.25) is 0 Å². The third-order valence-electron chi connectivity index (χ3n) is 6.01. The number of hydrogen-bond donors (Lipinski definition) is 2. The van der Waals surface area contributed by atoms with Gasteiger partial charge in [0.2, 0.25) is 5.91 Å². The van der Waals surface area contributed by atoms with Gasteiger partial charge in [0.15, 0.2) is 5.65 Å². The molecule has 4 rings (SSSR count). The van der Waals surface area contributed by atoms with E-state index in [2.05, 4.69) is 42.3 Å². The highest BCUT2D eigenvalue weighted by Crippen LogP contribution is 2.34. The Morgan fingerprint density at radius 3 is 2.96 bits per heavy atom. The maximum Gasteiger partial charge on any atom is 0.223 e. The Hall–Kier alpha value is -2.06. The Bertz CT molecular complexity index is 770. The van der Waals surface area contributed by atoms with Crippen LogP contribution >= 0.6 is 0 Å². The summed E-state index contributed by atoms with van der Waals surface area (Å²) in [4.78, 5) is 26.2. The smallest absolute Gasteiger partial charge is 0.223 e. The Balaban J connectivity index is 1.36. The molecule has 1 amide bonds. The maximum atomic E-state index is 12.7. The lowest BCUT2D eigenvalue weighted by molar-refractivity contribution is -0.127. The fraction of sp³-hybridized carbons (Fsp3) is 0.684. The number of rotatable bonds is 5. The monoisotopic (exact) mass is 371 g/mol. The second-order valence-corrected chi connectivity index (χ2v) is 7.80. The molecule has 4 heterocycles. The molecule has 2 aromatic heterocycles. The first-order valence-electron chi connectivity index (χ1n) is 10.1. The standard InChI is InChI=1S/C19H29N7O/c1-25-9-5-14(19(27)20-6-10-26-7-3-2-4-8-26)11-16(25)17-15-12-23-24-18(15)22-13-21-17/h12-14,16H,2-11H2,1H3,(H,20,27)(H,21,22,23,24). The van der Waals surface area contributed by atoms with E-state index in [0.717, 1.165) is 49.2 Å². The van der Waals surface area contributed by atoms with Crippen molar-refractivity contribution in [3.63, 3.8) is 0 Å². The minimum atomic E-state index is 0.0319. The van der Waals surface area contributed by atoms with Crippen molar-refractivity contribution in [1.82, 2.24) is 35.3 Å². The molecule has 2 fully saturated rings. The number of carbonyl (C=O) groups is 1. The number of nitrogens with zero attached hydrogens (tertiary/aromatic N) is 5. The molecule has 0 aliphatic carbocycles. The molecule has 2 aromatic rings. The first kappa shape index (κ1) is 18.3. The molecule has 8 heteroatoms. The molecule has 2 aliphatic heterocycles. The molecule has 2 unspecified atom stereocenters. The molecule has 146 valence electrons. The molecule has 2 N–H and O–H groups in total. The second-order valence-electron chi connectivity index (χ2n) is 7.80. The predicted octanol–water partition coefficient (Wildman–Crippen LogP) is 1.34. The van der Waals surface area contributed by atoms with Gasteiger partial charge in [0, 0.05) is 19.0 Å². The molecular formula is C19H29N7O. The van der Waals surface area contributed by atoms with Gasteiger partial charge in [-0.15, -0.1) is 0 Å². The lowest BCUT2D eigenvalue weighted by Gasteiger charge is -2.36. The van der Waals surface area contributed by atoms with Crippen LogP contribution in [0.15, 0.2) is 12.5 Å². The number of aromatic amines is 1. The molecule has 2 aliphatic rings. The molecule has 0 saturated carbocycles. The highest BCUT2D eigenvalue weighted by Gasteiger charge is 2.33. The van der Waals surface area contributed by atoms with E-state index in [1.54, 1.807) is 12.5 Å². The van der Waals surface area contributed by atoms with Crippen molar-refractivity contribution in [2.24, 2.45) is 5.92 Å². The van der Waals surface area contributed by atoms with Gasteiger partial charge in [0.05, 0.1) is 23.3 Å². The zero-order chi connectivity index (χ0) is 18.6. The molecule has 8 nitrogen and oxygen atoms in total. The van der Waals surface area contributed by atoms with Gasteiger partial charge in [0.25, 0.3) is 0 Å². The molecule has 2 saturated heterocycles. The summed E-state index contributed by atoms with van der Waals surface area (Å²) in [6.07, 6.45) is 8.93. The van der Waals surface area contributed by atoms with Crippen LogP contribution in [0.4, 0.5) is 0 Å².